The van der Waals surface area contributed by atoms with Crippen LogP contribution in [-0.4, -0.2) is 40.2 Å². The highest BCUT2D eigenvalue weighted by Crippen LogP contribution is 2.33. The van der Waals surface area contributed by atoms with Crippen molar-refractivity contribution >= 4 is 45.0 Å². The van der Waals surface area contributed by atoms with Gasteiger partial charge in [-0.1, -0.05) is 60.3 Å². The summed E-state index contributed by atoms with van der Waals surface area (Å²) in [6.07, 6.45) is 0.999. The van der Waals surface area contributed by atoms with Gasteiger partial charge in [0.25, 0.3) is 0 Å². The number of nitrogens with one attached hydrogen (secondary N) is 1. The van der Waals surface area contributed by atoms with Gasteiger partial charge in [-0.05, 0) is 54.6 Å². The Balaban J connectivity index is 1.52. The molecule has 1 amide bonds. The molecule has 0 spiro atoms. The fourth-order valence-corrected chi connectivity index (χ4v) is 5.42. The first-order valence-electron chi connectivity index (χ1n) is 11.8. The minimum atomic E-state index is -3.88. The highest BCUT2D eigenvalue weighted by Gasteiger charge is 2.23. The van der Waals surface area contributed by atoms with Crippen molar-refractivity contribution < 1.29 is 27.5 Å². The number of anilines is 2. The molecule has 200 valence electrons. The Bertz CT molecular complexity index is 1580. The number of carbonyl (C=O) groups is 2. The van der Waals surface area contributed by atoms with Crippen LogP contribution >= 0.6 is 11.8 Å². The van der Waals surface area contributed by atoms with Crippen LogP contribution in [-0.2, 0) is 14.8 Å². The molecular formula is C29H26N2O6S2. The van der Waals surface area contributed by atoms with Gasteiger partial charge in [-0.25, -0.2) is 13.2 Å². The summed E-state index contributed by atoms with van der Waals surface area (Å²) >= 11 is 1.48. The molecule has 0 saturated heterocycles. The molecule has 1 N–H and O–H groups in total. The summed E-state index contributed by atoms with van der Waals surface area (Å²) in [5.74, 6) is -0.640. The molecule has 0 aromatic heterocycles. The number of nitrogens with zero attached hydrogens (tertiary/aromatic N) is 1. The van der Waals surface area contributed by atoms with Gasteiger partial charge in [-0.3, -0.25) is 9.10 Å². The Morgan fingerprint density at radius 2 is 1.51 bits per heavy atom. The largest absolute Gasteiger partial charge is 0.493 e. The van der Waals surface area contributed by atoms with Gasteiger partial charge in [-0.2, -0.15) is 0 Å². The van der Waals surface area contributed by atoms with E-state index in [9.17, 15) is 18.0 Å². The first-order chi connectivity index (χ1) is 18.7. The van der Waals surface area contributed by atoms with Crippen molar-refractivity contribution in [2.45, 2.75) is 9.79 Å². The molecule has 0 aliphatic heterocycles. The summed E-state index contributed by atoms with van der Waals surface area (Å²) in [7, 11) is -2.42. The van der Waals surface area contributed by atoms with Crippen molar-refractivity contribution in [1.82, 2.24) is 0 Å². The number of esters is 1. The van der Waals surface area contributed by atoms with Gasteiger partial charge >= 0.3 is 5.97 Å². The number of hydrogen-bond donors (Lipinski definition) is 1. The second-order valence-corrected chi connectivity index (χ2v) is 11.3. The molecule has 0 heterocycles. The first kappa shape index (κ1) is 27.7. The molecular weight excluding hydrogens is 536 g/mol. The van der Waals surface area contributed by atoms with Gasteiger partial charge in [0.15, 0.2) is 11.5 Å². The Kier molecular flexibility index (Phi) is 8.90. The van der Waals surface area contributed by atoms with Crippen LogP contribution in [0.15, 0.2) is 113 Å². The summed E-state index contributed by atoms with van der Waals surface area (Å²) in [5.41, 5.74) is 0.810. The maximum Gasteiger partial charge on any atom is 0.343 e. The zero-order valence-corrected chi connectivity index (χ0v) is 22.9. The number of hydrogen-bond acceptors (Lipinski definition) is 7. The smallest absolute Gasteiger partial charge is 0.343 e. The first-order valence-corrected chi connectivity index (χ1v) is 14.5. The van der Waals surface area contributed by atoms with Crippen molar-refractivity contribution in [2.75, 3.05) is 29.5 Å². The van der Waals surface area contributed by atoms with Crippen LogP contribution in [0.4, 0.5) is 11.4 Å². The Labute approximate surface area is 231 Å². The van der Waals surface area contributed by atoms with Crippen molar-refractivity contribution in [1.29, 1.82) is 0 Å². The molecule has 4 aromatic rings. The van der Waals surface area contributed by atoms with E-state index in [-0.39, 0.29) is 17.0 Å². The zero-order valence-electron chi connectivity index (χ0n) is 21.2. The van der Waals surface area contributed by atoms with Crippen molar-refractivity contribution in [2.24, 2.45) is 0 Å². The second kappa shape index (κ2) is 12.5. The molecule has 39 heavy (non-hydrogen) atoms. The molecule has 8 nitrogen and oxygen atoms in total. The van der Waals surface area contributed by atoms with Crippen LogP contribution in [0.25, 0.3) is 0 Å². The minimum absolute atomic E-state index is 0.108. The molecule has 0 unspecified atom stereocenters. The molecule has 0 atom stereocenters. The van der Waals surface area contributed by atoms with E-state index in [4.69, 9.17) is 9.47 Å². The van der Waals surface area contributed by atoms with Gasteiger partial charge in [0.1, 0.15) is 6.54 Å². The highest BCUT2D eigenvalue weighted by molar-refractivity contribution is 7.99. The van der Waals surface area contributed by atoms with E-state index in [1.54, 1.807) is 36.4 Å². The van der Waals surface area contributed by atoms with Gasteiger partial charge < -0.3 is 14.8 Å². The van der Waals surface area contributed by atoms with Gasteiger partial charge in [0.05, 0.1) is 30.3 Å². The number of ether oxygens (including phenoxy) is 2. The molecule has 0 fully saturated rings. The number of amides is 1. The predicted molar refractivity (Wildman–Crippen MR) is 152 cm³/mol. The Hall–Kier alpha value is -4.28. The third-order valence-corrected chi connectivity index (χ3v) is 7.69. The third-order valence-electron chi connectivity index (χ3n) is 5.46. The lowest BCUT2D eigenvalue weighted by Crippen LogP contribution is -2.37. The molecule has 10 heteroatoms. The Morgan fingerprint density at radius 3 is 2.23 bits per heavy atom. The van der Waals surface area contributed by atoms with Crippen molar-refractivity contribution in [3.63, 3.8) is 0 Å². The normalized spacial score (nSPS) is 10.9. The van der Waals surface area contributed by atoms with E-state index in [0.717, 1.165) is 20.4 Å². The van der Waals surface area contributed by atoms with E-state index in [0.29, 0.717) is 11.4 Å². The average molecular weight is 563 g/mol. The number of carbonyl (C=O) groups excluding carboxylic acids is 2. The maximum absolute atomic E-state index is 13.0. The van der Waals surface area contributed by atoms with Crippen LogP contribution in [0.2, 0.25) is 0 Å². The molecule has 0 aliphatic carbocycles. The quantitative estimate of drug-likeness (QED) is 0.202. The summed E-state index contributed by atoms with van der Waals surface area (Å²) in [6, 6.07) is 29.5. The molecule has 0 saturated carbocycles. The monoisotopic (exact) mass is 562 g/mol. The lowest BCUT2D eigenvalue weighted by molar-refractivity contribution is -0.114. The third kappa shape index (κ3) is 7.40. The maximum atomic E-state index is 13.0. The summed E-state index contributed by atoms with van der Waals surface area (Å²) in [6.45, 7) is -0.492. The fraction of sp³-hybridized carbons (Fsp3) is 0.103. The number of para-hydroxylation sites is 3. The van der Waals surface area contributed by atoms with Gasteiger partial charge in [-0.15, -0.1) is 0 Å². The van der Waals surface area contributed by atoms with E-state index in [1.807, 2.05) is 42.5 Å². The molecule has 4 aromatic carbocycles. The fourth-order valence-electron chi connectivity index (χ4n) is 3.64. The molecule has 0 radical (unpaired) electrons. The minimum Gasteiger partial charge on any atom is -0.493 e. The summed E-state index contributed by atoms with van der Waals surface area (Å²) in [4.78, 5) is 27.7. The zero-order chi connectivity index (χ0) is 27.8. The SMILES string of the molecule is COc1ccccc1OC(=O)c1cccc(N(CC(=O)Nc2ccccc2Sc2ccccc2)S(C)(=O)=O)c1. The van der Waals surface area contributed by atoms with Crippen LogP contribution in [0.5, 0.6) is 11.5 Å². The number of sulfonamides is 1. The van der Waals surface area contributed by atoms with Crippen LogP contribution < -0.4 is 19.1 Å². The topological polar surface area (TPSA) is 102 Å². The lowest BCUT2D eigenvalue weighted by atomic mass is 10.2. The standard InChI is InChI=1S/C29H26N2O6S2/c1-36-25-16-7-8-17-26(25)37-29(33)21-11-10-12-22(19-21)31(39(2,34)35)20-28(32)30-24-15-6-9-18-27(24)38-23-13-4-3-5-14-23/h3-19H,20H2,1-2H3,(H,30,32). The lowest BCUT2D eigenvalue weighted by Gasteiger charge is -2.22. The van der Waals surface area contributed by atoms with Gasteiger partial charge in [0.2, 0.25) is 15.9 Å². The van der Waals surface area contributed by atoms with Crippen LogP contribution in [0.3, 0.4) is 0 Å². The number of rotatable bonds is 10. The highest BCUT2D eigenvalue weighted by atomic mass is 32.2. The van der Waals surface area contributed by atoms with E-state index in [1.165, 1.54) is 43.1 Å². The second-order valence-electron chi connectivity index (χ2n) is 8.32. The summed E-state index contributed by atoms with van der Waals surface area (Å²) < 4.78 is 37.0. The average Bonchev–Trinajstić information content (AvgIpc) is 2.93. The van der Waals surface area contributed by atoms with Crippen LogP contribution in [0, 0.1) is 0 Å². The Morgan fingerprint density at radius 1 is 0.846 bits per heavy atom. The van der Waals surface area contributed by atoms with E-state index >= 15 is 0 Å². The predicted octanol–water partition coefficient (Wildman–Crippen LogP) is 5.47. The van der Waals surface area contributed by atoms with Crippen molar-refractivity contribution in [3.05, 3.63) is 109 Å². The number of benzene rings is 4. The number of methoxy groups -OCH3 is 1. The summed E-state index contributed by atoms with van der Waals surface area (Å²) in [5, 5.41) is 2.81. The van der Waals surface area contributed by atoms with Crippen LogP contribution in [0.1, 0.15) is 10.4 Å². The van der Waals surface area contributed by atoms with Gasteiger partial charge in [0, 0.05) is 9.79 Å². The molecule has 0 aliphatic rings. The van der Waals surface area contributed by atoms with E-state index < -0.39 is 28.4 Å². The van der Waals surface area contributed by atoms with Crippen molar-refractivity contribution in [3.8, 4) is 11.5 Å². The van der Waals surface area contributed by atoms with E-state index in [2.05, 4.69) is 5.32 Å². The molecule has 4 rings (SSSR count). The molecule has 0 bridgehead atoms.